The molecule has 2 aromatic rings. The molecule has 162 valence electrons. The number of ether oxygens (including phenoxy) is 1. The van der Waals surface area contributed by atoms with Gasteiger partial charge in [-0.1, -0.05) is 72.4 Å². The van der Waals surface area contributed by atoms with E-state index in [9.17, 15) is 9.59 Å². The third kappa shape index (κ3) is 6.94. The number of thiocarbonyl (C=S) groups is 1. The smallest absolute Gasteiger partial charge is 0.303 e. The number of carbonyl (C=O) groups is 2. The lowest BCUT2D eigenvalue weighted by molar-refractivity contribution is -0.137. The van der Waals surface area contributed by atoms with E-state index in [0.29, 0.717) is 28.8 Å². The summed E-state index contributed by atoms with van der Waals surface area (Å²) in [4.78, 5) is 25.4. The first kappa shape index (κ1) is 23.0. The fourth-order valence-corrected chi connectivity index (χ4v) is 4.39. The van der Waals surface area contributed by atoms with Crippen LogP contribution in [0.3, 0.4) is 0 Å². The molecular weight excluding hydrogens is 430 g/mol. The number of hydrogen-bond donors (Lipinski definition) is 1. The van der Waals surface area contributed by atoms with E-state index in [0.717, 1.165) is 29.7 Å². The van der Waals surface area contributed by atoms with Gasteiger partial charge in [-0.25, -0.2) is 0 Å². The van der Waals surface area contributed by atoms with Crippen molar-refractivity contribution in [3.63, 3.8) is 0 Å². The molecule has 1 heterocycles. The molecule has 0 saturated carbocycles. The number of hydrogen-bond acceptors (Lipinski definition) is 5. The Morgan fingerprint density at radius 2 is 1.81 bits per heavy atom. The summed E-state index contributed by atoms with van der Waals surface area (Å²) >= 11 is 6.65. The van der Waals surface area contributed by atoms with E-state index in [2.05, 4.69) is 31.2 Å². The molecular formula is C24H25NO4S2. The van der Waals surface area contributed by atoms with Gasteiger partial charge < -0.3 is 9.84 Å². The molecule has 1 N–H and O–H groups in total. The molecule has 1 aliphatic rings. The molecule has 1 amide bonds. The summed E-state index contributed by atoms with van der Waals surface area (Å²) in [6.45, 7) is 3.08. The number of carboxylic acid groups (broad SMARTS) is 1. The number of aliphatic carboxylic acids is 1. The summed E-state index contributed by atoms with van der Waals surface area (Å²) in [5.41, 5.74) is 3.24. The van der Waals surface area contributed by atoms with Crippen molar-refractivity contribution in [2.45, 2.75) is 39.2 Å². The zero-order valence-corrected chi connectivity index (χ0v) is 19.0. The second kappa shape index (κ2) is 11.1. The highest BCUT2D eigenvalue weighted by atomic mass is 32.2. The van der Waals surface area contributed by atoms with Crippen LogP contribution in [0.4, 0.5) is 0 Å². The number of nitrogens with zero attached hydrogens (tertiary/aromatic N) is 1. The summed E-state index contributed by atoms with van der Waals surface area (Å²) in [5, 5.41) is 8.69. The van der Waals surface area contributed by atoms with Crippen molar-refractivity contribution in [3.05, 3.63) is 70.1 Å². The van der Waals surface area contributed by atoms with Gasteiger partial charge in [-0.3, -0.25) is 14.5 Å². The zero-order valence-electron chi connectivity index (χ0n) is 17.4. The number of amides is 1. The Morgan fingerprint density at radius 1 is 1.10 bits per heavy atom. The molecule has 2 aromatic carbocycles. The SMILES string of the molecule is Cc1ccc(COc2ccc(/C=C3\SC(=S)N(CCCCCC(=O)O)C3=O)cc2)cc1. The number of unbranched alkanes of at least 4 members (excludes halogenated alkanes) is 2. The van der Waals surface area contributed by atoms with Crippen molar-refractivity contribution in [1.29, 1.82) is 0 Å². The maximum Gasteiger partial charge on any atom is 0.303 e. The molecule has 1 aliphatic heterocycles. The molecule has 3 rings (SSSR count). The number of rotatable bonds is 10. The highest BCUT2D eigenvalue weighted by Gasteiger charge is 2.31. The van der Waals surface area contributed by atoms with Gasteiger partial charge in [0.25, 0.3) is 5.91 Å². The number of aryl methyl sites for hydroxylation is 1. The fraction of sp³-hybridized carbons (Fsp3) is 0.292. The third-order valence-electron chi connectivity index (χ3n) is 4.85. The van der Waals surface area contributed by atoms with Crippen LogP contribution in [0.15, 0.2) is 53.4 Å². The number of carbonyl (C=O) groups excluding carboxylic acids is 1. The summed E-state index contributed by atoms with van der Waals surface area (Å²) < 4.78 is 6.38. The molecule has 0 bridgehead atoms. The van der Waals surface area contributed by atoms with E-state index in [1.165, 1.54) is 17.3 Å². The molecule has 0 atom stereocenters. The first-order chi connectivity index (χ1) is 14.9. The number of carboxylic acids is 1. The van der Waals surface area contributed by atoms with Gasteiger partial charge in [-0.15, -0.1) is 0 Å². The lowest BCUT2D eigenvalue weighted by Crippen LogP contribution is -2.29. The van der Waals surface area contributed by atoms with E-state index < -0.39 is 5.97 Å². The molecule has 7 heteroatoms. The Bertz CT molecular complexity index is 968. The first-order valence-electron chi connectivity index (χ1n) is 10.2. The summed E-state index contributed by atoms with van der Waals surface area (Å²) in [6, 6.07) is 15.9. The number of thioether (sulfide) groups is 1. The monoisotopic (exact) mass is 455 g/mol. The Hall–Kier alpha value is -2.64. The second-order valence-electron chi connectivity index (χ2n) is 7.38. The van der Waals surface area contributed by atoms with E-state index in [1.807, 2.05) is 30.3 Å². The zero-order chi connectivity index (χ0) is 22.2. The van der Waals surface area contributed by atoms with Crippen molar-refractivity contribution >= 4 is 46.3 Å². The van der Waals surface area contributed by atoms with Crippen LogP contribution in [0.1, 0.15) is 42.4 Å². The highest BCUT2D eigenvalue weighted by molar-refractivity contribution is 8.26. The Labute approximate surface area is 192 Å². The molecule has 0 aliphatic carbocycles. The Balaban J connectivity index is 1.52. The Morgan fingerprint density at radius 3 is 2.48 bits per heavy atom. The van der Waals surface area contributed by atoms with Crippen LogP contribution < -0.4 is 4.74 Å². The van der Waals surface area contributed by atoms with Crippen molar-refractivity contribution in [2.24, 2.45) is 0 Å². The normalized spacial score (nSPS) is 15.0. The summed E-state index contributed by atoms with van der Waals surface area (Å²) in [5.74, 6) is -0.111. The molecule has 0 unspecified atom stereocenters. The van der Waals surface area contributed by atoms with E-state index in [1.54, 1.807) is 4.90 Å². The largest absolute Gasteiger partial charge is 0.489 e. The minimum atomic E-state index is -0.792. The van der Waals surface area contributed by atoms with Crippen molar-refractivity contribution in [1.82, 2.24) is 4.90 Å². The summed E-state index contributed by atoms with van der Waals surface area (Å²) in [7, 11) is 0. The average molecular weight is 456 g/mol. The van der Waals surface area contributed by atoms with E-state index in [-0.39, 0.29) is 12.3 Å². The second-order valence-corrected chi connectivity index (χ2v) is 9.06. The predicted octanol–water partition coefficient (Wildman–Crippen LogP) is 5.42. The molecule has 0 aromatic heterocycles. The minimum Gasteiger partial charge on any atom is -0.489 e. The summed E-state index contributed by atoms with van der Waals surface area (Å²) in [6.07, 6.45) is 4.10. The van der Waals surface area contributed by atoms with Crippen LogP contribution in [0, 0.1) is 6.92 Å². The van der Waals surface area contributed by atoms with Crippen molar-refractivity contribution < 1.29 is 19.4 Å². The van der Waals surface area contributed by atoms with Gasteiger partial charge in [-0.2, -0.15) is 0 Å². The topological polar surface area (TPSA) is 66.8 Å². The average Bonchev–Trinajstić information content (AvgIpc) is 3.01. The molecule has 5 nitrogen and oxygen atoms in total. The molecule has 31 heavy (non-hydrogen) atoms. The van der Waals surface area contributed by atoms with Gasteiger partial charge in [0.2, 0.25) is 0 Å². The quantitative estimate of drug-likeness (QED) is 0.293. The van der Waals surface area contributed by atoms with Gasteiger partial charge in [0, 0.05) is 13.0 Å². The third-order valence-corrected chi connectivity index (χ3v) is 6.23. The van der Waals surface area contributed by atoms with Gasteiger partial charge in [0.15, 0.2) is 0 Å². The predicted molar refractivity (Wildman–Crippen MR) is 128 cm³/mol. The molecule has 0 spiro atoms. The lowest BCUT2D eigenvalue weighted by Gasteiger charge is -2.13. The van der Waals surface area contributed by atoms with Crippen molar-refractivity contribution in [2.75, 3.05) is 6.54 Å². The van der Waals surface area contributed by atoms with Crippen LogP contribution in [0.2, 0.25) is 0 Å². The van der Waals surface area contributed by atoms with Gasteiger partial charge in [0.1, 0.15) is 16.7 Å². The number of benzene rings is 2. The highest BCUT2D eigenvalue weighted by Crippen LogP contribution is 2.33. The van der Waals surface area contributed by atoms with E-state index >= 15 is 0 Å². The van der Waals surface area contributed by atoms with Crippen molar-refractivity contribution in [3.8, 4) is 5.75 Å². The van der Waals surface area contributed by atoms with Crippen LogP contribution in [-0.4, -0.2) is 32.7 Å². The van der Waals surface area contributed by atoms with Crippen LogP contribution in [0.5, 0.6) is 5.75 Å². The van der Waals surface area contributed by atoms with Gasteiger partial charge >= 0.3 is 5.97 Å². The van der Waals surface area contributed by atoms with E-state index in [4.69, 9.17) is 22.1 Å². The fourth-order valence-electron chi connectivity index (χ4n) is 3.08. The molecule has 1 saturated heterocycles. The minimum absolute atomic E-state index is 0.0899. The standard InChI is InChI=1S/C24H25NO4S2/c1-17-6-8-19(9-7-17)16-29-20-12-10-18(11-13-20)15-21-23(28)25(24(30)31-21)14-4-2-3-5-22(26)27/h6-13,15H,2-5,14,16H2,1H3,(H,26,27)/b21-15-. The molecule has 0 radical (unpaired) electrons. The first-order valence-corrected chi connectivity index (χ1v) is 11.4. The van der Waals surface area contributed by atoms with Crippen LogP contribution in [0.25, 0.3) is 6.08 Å². The maximum absolute atomic E-state index is 12.7. The lowest BCUT2D eigenvalue weighted by atomic mass is 10.1. The molecule has 1 fully saturated rings. The Kier molecular flexibility index (Phi) is 8.26. The maximum atomic E-state index is 12.7. The van der Waals surface area contributed by atoms with Crippen LogP contribution in [-0.2, 0) is 16.2 Å². The van der Waals surface area contributed by atoms with Gasteiger partial charge in [0.05, 0.1) is 4.91 Å². The van der Waals surface area contributed by atoms with Crippen LogP contribution >= 0.6 is 24.0 Å². The van der Waals surface area contributed by atoms with Gasteiger partial charge in [-0.05, 0) is 49.1 Å².